The molecule has 3 unspecified atom stereocenters. The molecule has 2 amide bonds. The molecule has 2 heterocycles. The Balaban J connectivity index is 1.72. The predicted octanol–water partition coefficient (Wildman–Crippen LogP) is 3.64. The maximum Gasteiger partial charge on any atom is 0.410 e. The SMILES string of the molecule is CC(CC1COCCN1C(=O)OC(C)(C)C)NCCC1CCN(C(=O)OC(C)(C)C)C1. The molecule has 0 aliphatic carbocycles. The summed E-state index contributed by atoms with van der Waals surface area (Å²) in [4.78, 5) is 28.4. The fourth-order valence-electron chi connectivity index (χ4n) is 4.00. The molecule has 2 saturated heterocycles. The first-order chi connectivity index (χ1) is 14.3. The van der Waals surface area contributed by atoms with Crippen LogP contribution >= 0.6 is 0 Å². The van der Waals surface area contributed by atoms with E-state index in [1.165, 1.54) is 0 Å². The number of hydrogen-bond donors (Lipinski definition) is 1. The van der Waals surface area contributed by atoms with Crippen molar-refractivity contribution in [3.05, 3.63) is 0 Å². The highest BCUT2D eigenvalue weighted by Crippen LogP contribution is 2.22. The van der Waals surface area contributed by atoms with Crippen molar-refractivity contribution in [2.45, 2.75) is 91.0 Å². The van der Waals surface area contributed by atoms with Crippen LogP contribution in [0.25, 0.3) is 0 Å². The molecule has 0 spiro atoms. The molecular weight excluding hydrogens is 398 g/mol. The Labute approximate surface area is 187 Å². The van der Waals surface area contributed by atoms with Gasteiger partial charge in [-0.25, -0.2) is 9.59 Å². The number of ether oxygens (including phenoxy) is 3. The standard InChI is InChI=1S/C23H43N3O5/c1-17(14-19-16-29-13-12-26(19)21(28)31-23(5,6)7)24-10-8-18-9-11-25(15-18)20(27)30-22(2,3)4/h17-19,24H,8-16H2,1-7H3. The molecule has 1 N–H and O–H groups in total. The third-order valence-electron chi connectivity index (χ3n) is 5.46. The zero-order chi connectivity index (χ0) is 23.2. The van der Waals surface area contributed by atoms with E-state index >= 15 is 0 Å². The zero-order valence-corrected chi connectivity index (χ0v) is 20.5. The average Bonchev–Trinajstić information content (AvgIpc) is 3.08. The van der Waals surface area contributed by atoms with Gasteiger partial charge in [0.15, 0.2) is 0 Å². The number of morpholine rings is 1. The minimum absolute atomic E-state index is 0.0141. The van der Waals surface area contributed by atoms with E-state index in [9.17, 15) is 9.59 Å². The van der Waals surface area contributed by atoms with Gasteiger partial charge in [0.1, 0.15) is 11.2 Å². The second-order valence-electron chi connectivity index (χ2n) is 10.9. The Kier molecular flexibility index (Phi) is 9.01. The number of nitrogens with zero attached hydrogens (tertiary/aromatic N) is 2. The Bertz CT molecular complexity index is 599. The highest BCUT2D eigenvalue weighted by molar-refractivity contribution is 5.69. The van der Waals surface area contributed by atoms with E-state index in [1.54, 1.807) is 0 Å². The van der Waals surface area contributed by atoms with E-state index < -0.39 is 11.2 Å². The lowest BCUT2D eigenvalue weighted by molar-refractivity contribution is -0.0355. The normalized spacial score (nSPS) is 23.6. The molecule has 0 radical (unpaired) electrons. The molecule has 0 aromatic rings. The van der Waals surface area contributed by atoms with E-state index in [2.05, 4.69) is 12.2 Å². The molecule has 180 valence electrons. The molecule has 2 aliphatic heterocycles. The molecular formula is C23H43N3O5. The second kappa shape index (κ2) is 10.9. The number of hydrogen-bond acceptors (Lipinski definition) is 6. The Hall–Kier alpha value is -1.54. The second-order valence-corrected chi connectivity index (χ2v) is 10.9. The van der Waals surface area contributed by atoms with Gasteiger partial charge in [0.05, 0.1) is 19.3 Å². The summed E-state index contributed by atoms with van der Waals surface area (Å²) in [5.74, 6) is 0.489. The third kappa shape index (κ3) is 9.23. The maximum absolute atomic E-state index is 12.6. The maximum atomic E-state index is 12.6. The number of likely N-dealkylation sites (tertiary alicyclic amines) is 1. The van der Waals surface area contributed by atoms with Gasteiger partial charge in [-0.1, -0.05) is 0 Å². The van der Waals surface area contributed by atoms with Crippen molar-refractivity contribution < 1.29 is 23.8 Å². The van der Waals surface area contributed by atoms with Crippen LogP contribution in [0.4, 0.5) is 9.59 Å². The van der Waals surface area contributed by atoms with Gasteiger partial charge >= 0.3 is 12.2 Å². The summed E-state index contributed by atoms with van der Waals surface area (Å²) in [5.41, 5.74) is -0.958. The molecule has 0 bridgehead atoms. The van der Waals surface area contributed by atoms with Crippen LogP contribution in [0.2, 0.25) is 0 Å². The van der Waals surface area contributed by atoms with E-state index in [-0.39, 0.29) is 24.3 Å². The topological polar surface area (TPSA) is 80.3 Å². The predicted molar refractivity (Wildman–Crippen MR) is 120 cm³/mol. The van der Waals surface area contributed by atoms with E-state index in [0.29, 0.717) is 25.7 Å². The Morgan fingerprint density at radius 3 is 2.35 bits per heavy atom. The van der Waals surface area contributed by atoms with Crippen molar-refractivity contribution in [1.82, 2.24) is 15.1 Å². The van der Waals surface area contributed by atoms with Crippen LogP contribution in [0.3, 0.4) is 0 Å². The van der Waals surface area contributed by atoms with Crippen molar-refractivity contribution in [2.75, 3.05) is 39.4 Å². The lowest BCUT2D eigenvalue weighted by Crippen LogP contribution is -2.52. The molecule has 2 rings (SSSR count). The fraction of sp³-hybridized carbons (Fsp3) is 0.913. The first-order valence-corrected chi connectivity index (χ1v) is 11.6. The monoisotopic (exact) mass is 441 g/mol. The first-order valence-electron chi connectivity index (χ1n) is 11.6. The van der Waals surface area contributed by atoms with Crippen molar-refractivity contribution in [3.63, 3.8) is 0 Å². The molecule has 0 aromatic heterocycles. The summed E-state index contributed by atoms with van der Waals surface area (Å²) in [6.45, 7) is 17.5. The number of nitrogens with one attached hydrogen (secondary N) is 1. The summed E-state index contributed by atoms with van der Waals surface area (Å²) in [5, 5.41) is 3.58. The third-order valence-corrected chi connectivity index (χ3v) is 5.46. The van der Waals surface area contributed by atoms with Gasteiger partial charge in [0, 0.05) is 25.7 Å². The van der Waals surface area contributed by atoms with E-state index in [0.717, 1.165) is 38.9 Å². The van der Waals surface area contributed by atoms with Gasteiger partial charge in [0.2, 0.25) is 0 Å². The molecule has 3 atom stereocenters. The first kappa shape index (κ1) is 25.7. The molecule has 2 fully saturated rings. The molecule has 8 heteroatoms. The number of carbonyl (C=O) groups is 2. The lowest BCUT2D eigenvalue weighted by atomic mass is 10.0. The molecule has 0 saturated carbocycles. The molecule has 2 aliphatic rings. The Morgan fingerprint density at radius 2 is 1.71 bits per heavy atom. The Morgan fingerprint density at radius 1 is 1.06 bits per heavy atom. The minimum atomic E-state index is -0.502. The summed E-state index contributed by atoms with van der Waals surface area (Å²) in [6, 6.07) is 0.264. The van der Waals surface area contributed by atoms with Gasteiger partial charge in [-0.2, -0.15) is 0 Å². The molecule has 31 heavy (non-hydrogen) atoms. The van der Waals surface area contributed by atoms with Crippen LogP contribution in [0.15, 0.2) is 0 Å². The van der Waals surface area contributed by atoms with E-state index in [4.69, 9.17) is 14.2 Å². The number of rotatable bonds is 6. The highest BCUT2D eigenvalue weighted by atomic mass is 16.6. The lowest BCUT2D eigenvalue weighted by Gasteiger charge is -2.37. The average molecular weight is 442 g/mol. The van der Waals surface area contributed by atoms with Gasteiger partial charge in [-0.15, -0.1) is 0 Å². The van der Waals surface area contributed by atoms with Crippen LogP contribution in [-0.4, -0.2) is 84.7 Å². The van der Waals surface area contributed by atoms with Crippen LogP contribution in [-0.2, 0) is 14.2 Å². The van der Waals surface area contributed by atoms with Crippen molar-refractivity contribution in [2.24, 2.45) is 5.92 Å². The summed E-state index contributed by atoms with van der Waals surface area (Å²) in [7, 11) is 0. The van der Waals surface area contributed by atoms with Crippen LogP contribution in [0, 0.1) is 5.92 Å². The summed E-state index contributed by atoms with van der Waals surface area (Å²) in [6.07, 6.45) is 2.37. The highest BCUT2D eigenvalue weighted by Gasteiger charge is 2.32. The summed E-state index contributed by atoms with van der Waals surface area (Å²) < 4.78 is 16.7. The van der Waals surface area contributed by atoms with Crippen LogP contribution < -0.4 is 5.32 Å². The zero-order valence-electron chi connectivity index (χ0n) is 20.5. The van der Waals surface area contributed by atoms with Gasteiger partial charge in [-0.05, 0) is 80.2 Å². The largest absolute Gasteiger partial charge is 0.444 e. The van der Waals surface area contributed by atoms with Gasteiger partial charge < -0.3 is 29.3 Å². The quantitative estimate of drug-likeness (QED) is 0.678. The minimum Gasteiger partial charge on any atom is -0.444 e. The number of carbonyl (C=O) groups excluding carboxylic acids is 2. The molecule has 8 nitrogen and oxygen atoms in total. The van der Waals surface area contributed by atoms with Crippen molar-refractivity contribution >= 4 is 12.2 Å². The van der Waals surface area contributed by atoms with E-state index in [1.807, 2.05) is 51.3 Å². The van der Waals surface area contributed by atoms with Gasteiger partial charge in [0.25, 0.3) is 0 Å². The van der Waals surface area contributed by atoms with Gasteiger partial charge in [-0.3, -0.25) is 0 Å². The fourth-order valence-corrected chi connectivity index (χ4v) is 4.00. The smallest absolute Gasteiger partial charge is 0.410 e. The van der Waals surface area contributed by atoms with Crippen LogP contribution in [0.5, 0.6) is 0 Å². The van der Waals surface area contributed by atoms with Crippen molar-refractivity contribution in [3.8, 4) is 0 Å². The summed E-state index contributed by atoms with van der Waals surface area (Å²) >= 11 is 0. The number of amides is 2. The van der Waals surface area contributed by atoms with Crippen molar-refractivity contribution in [1.29, 1.82) is 0 Å². The van der Waals surface area contributed by atoms with Crippen LogP contribution in [0.1, 0.15) is 67.7 Å². The molecule has 0 aromatic carbocycles.